The summed E-state index contributed by atoms with van der Waals surface area (Å²) in [7, 11) is 0. The van der Waals surface area contributed by atoms with Gasteiger partial charge in [0, 0.05) is 43.8 Å². The lowest BCUT2D eigenvalue weighted by molar-refractivity contribution is 0.473. The molecule has 0 aromatic carbocycles. The molecule has 0 saturated carbocycles. The molecule has 4 heterocycles. The summed E-state index contributed by atoms with van der Waals surface area (Å²) in [6.07, 6.45) is 9.78. The second kappa shape index (κ2) is 7.23. The number of aromatic nitrogens is 4. The molecule has 1 aliphatic heterocycles. The minimum Gasteiger partial charge on any atom is -0.355 e. The van der Waals surface area contributed by atoms with E-state index >= 15 is 0 Å². The monoisotopic (exact) mass is 353 g/mol. The van der Waals surface area contributed by atoms with E-state index in [0.29, 0.717) is 10.9 Å². The van der Waals surface area contributed by atoms with E-state index in [9.17, 15) is 0 Å². The van der Waals surface area contributed by atoms with Crippen LogP contribution in [-0.2, 0) is 6.54 Å². The zero-order chi connectivity index (χ0) is 17.1. The van der Waals surface area contributed by atoms with Crippen LogP contribution in [-0.4, -0.2) is 32.6 Å². The molecule has 0 bridgehead atoms. The molecule has 0 amide bonds. The van der Waals surface area contributed by atoms with Crippen LogP contribution in [0.4, 0.5) is 5.82 Å². The van der Waals surface area contributed by atoms with Gasteiger partial charge in [-0.2, -0.15) is 0 Å². The lowest BCUT2D eigenvalue weighted by Gasteiger charge is -2.33. The summed E-state index contributed by atoms with van der Waals surface area (Å²) in [4.78, 5) is 15.8. The highest BCUT2D eigenvalue weighted by Gasteiger charge is 2.26. The van der Waals surface area contributed by atoms with Gasteiger partial charge >= 0.3 is 0 Å². The van der Waals surface area contributed by atoms with Crippen molar-refractivity contribution in [3.8, 4) is 0 Å². The maximum atomic E-state index is 6.34. The highest BCUT2D eigenvalue weighted by Crippen LogP contribution is 2.31. The Labute approximate surface area is 152 Å². The first-order chi connectivity index (χ1) is 12.3. The van der Waals surface area contributed by atoms with Crippen LogP contribution in [0.2, 0.25) is 5.02 Å². The molecular weight excluding hydrogens is 334 g/mol. The van der Waals surface area contributed by atoms with Gasteiger partial charge in [-0.25, -0.2) is 9.97 Å². The summed E-state index contributed by atoms with van der Waals surface area (Å²) in [5.74, 6) is 2.35. The van der Waals surface area contributed by atoms with E-state index in [0.717, 1.165) is 49.8 Å². The number of piperidine rings is 1. The zero-order valence-electron chi connectivity index (χ0n) is 13.9. The Balaban J connectivity index is 1.54. The number of imidazole rings is 1. The molecule has 1 aliphatic rings. The fourth-order valence-corrected chi connectivity index (χ4v) is 3.71. The van der Waals surface area contributed by atoms with Gasteiger partial charge in [-0.3, -0.25) is 4.98 Å². The second-order valence-corrected chi connectivity index (χ2v) is 6.74. The Morgan fingerprint density at radius 1 is 1.04 bits per heavy atom. The average Bonchev–Trinajstić information content (AvgIpc) is 3.11. The van der Waals surface area contributed by atoms with Gasteiger partial charge < -0.3 is 9.47 Å². The number of hydrogen-bond donors (Lipinski definition) is 0. The SMILES string of the molecule is Clc1cccnc1N1CCCC(c2nccn2Cc2ccccn2)C1. The van der Waals surface area contributed by atoms with Crippen molar-refractivity contribution in [2.24, 2.45) is 0 Å². The predicted molar refractivity (Wildman–Crippen MR) is 99.0 cm³/mol. The van der Waals surface area contributed by atoms with Crippen LogP contribution >= 0.6 is 11.6 Å². The summed E-state index contributed by atoms with van der Waals surface area (Å²) in [6.45, 7) is 2.61. The molecule has 1 atom stereocenters. The molecule has 0 spiro atoms. The van der Waals surface area contributed by atoms with Gasteiger partial charge in [0.2, 0.25) is 0 Å². The smallest absolute Gasteiger partial charge is 0.147 e. The summed E-state index contributed by atoms with van der Waals surface area (Å²) >= 11 is 6.34. The summed E-state index contributed by atoms with van der Waals surface area (Å²) < 4.78 is 2.20. The molecule has 0 aliphatic carbocycles. The summed E-state index contributed by atoms with van der Waals surface area (Å²) in [6, 6.07) is 9.77. The second-order valence-electron chi connectivity index (χ2n) is 6.33. The molecule has 0 N–H and O–H groups in total. The zero-order valence-corrected chi connectivity index (χ0v) is 14.7. The van der Waals surface area contributed by atoms with Crippen LogP contribution in [0.3, 0.4) is 0 Å². The predicted octanol–water partition coefficient (Wildman–Crippen LogP) is 3.76. The molecule has 0 radical (unpaired) electrons. The lowest BCUT2D eigenvalue weighted by atomic mass is 9.97. The number of hydrogen-bond acceptors (Lipinski definition) is 4. The van der Waals surface area contributed by atoms with Crippen molar-refractivity contribution in [3.63, 3.8) is 0 Å². The third-order valence-electron chi connectivity index (χ3n) is 4.63. The number of halogens is 1. The van der Waals surface area contributed by atoms with Crippen molar-refractivity contribution in [2.45, 2.75) is 25.3 Å². The largest absolute Gasteiger partial charge is 0.355 e. The number of anilines is 1. The topological polar surface area (TPSA) is 46.8 Å². The molecule has 3 aromatic heterocycles. The van der Waals surface area contributed by atoms with Crippen LogP contribution in [0, 0.1) is 0 Å². The summed E-state index contributed by atoms with van der Waals surface area (Å²) in [5.41, 5.74) is 1.04. The normalized spacial score (nSPS) is 17.6. The van der Waals surface area contributed by atoms with Crippen LogP contribution in [0.15, 0.2) is 55.1 Å². The Kier molecular flexibility index (Phi) is 4.65. The Morgan fingerprint density at radius 3 is 2.80 bits per heavy atom. The highest BCUT2D eigenvalue weighted by molar-refractivity contribution is 6.32. The highest BCUT2D eigenvalue weighted by atomic mass is 35.5. The van der Waals surface area contributed by atoms with E-state index < -0.39 is 0 Å². The maximum absolute atomic E-state index is 6.34. The Morgan fingerprint density at radius 2 is 1.96 bits per heavy atom. The van der Waals surface area contributed by atoms with Gasteiger partial charge in [0.05, 0.1) is 17.3 Å². The van der Waals surface area contributed by atoms with E-state index in [1.165, 1.54) is 0 Å². The van der Waals surface area contributed by atoms with Crippen molar-refractivity contribution in [3.05, 3.63) is 71.7 Å². The molecular formula is C19H20ClN5. The van der Waals surface area contributed by atoms with E-state index in [-0.39, 0.29) is 0 Å². The molecule has 1 saturated heterocycles. The molecule has 1 unspecified atom stereocenters. The number of pyridine rings is 2. The maximum Gasteiger partial charge on any atom is 0.147 e. The van der Waals surface area contributed by atoms with Crippen LogP contribution in [0.25, 0.3) is 0 Å². The fraction of sp³-hybridized carbons (Fsp3) is 0.316. The van der Waals surface area contributed by atoms with E-state index in [1.54, 1.807) is 6.20 Å². The molecule has 4 rings (SSSR count). The van der Waals surface area contributed by atoms with Crippen LogP contribution in [0.5, 0.6) is 0 Å². The fourth-order valence-electron chi connectivity index (χ4n) is 3.47. The quantitative estimate of drug-likeness (QED) is 0.716. The summed E-state index contributed by atoms with van der Waals surface area (Å²) in [5, 5.41) is 0.708. The minimum atomic E-state index is 0.366. The van der Waals surface area contributed by atoms with Crippen LogP contribution < -0.4 is 4.90 Å². The number of nitrogens with zero attached hydrogens (tertiary/aromatic N) is 5. The molecule has 25 heavy (non-hydrogen) atoms. The molecule has 5 nitrogen and oxygen atoms in total. The first-order valence-corrected chi connectivity index (χ1v) is 8.95. The third kappa shape index (κ3) is 3.51. The van der Waals surface area contributed by atoms with E-state index in [4.69, 9.17) is 11.6 Å². The van der Waals surface area contributed by atoms with Crippen LogP contribution in [0.1, 0.15) is 30.3 Å². The van der Waals surface area contributed by atoms with Crippen molar-refractivity contribution < 1.29 is 0 Å². The lowest BCUT2D eigenvalue weighted by Crippen LogP contribution is -2.36. The van der Waals surface area contributed by atoms with Gasteiger partial charge in [-0.1, -0.05) is 17.7 Å². The molecule has 6 heteroatoms. The van der Waals surface area contributed by atoms with E-state index in [1.807, 2.05) is 48.9 Å². The van der Waals surface area contributed by atoms with Gasteiger partial charge in [-0.15, -0.1) is 0 Å². The average molecular weight is 354 g/mol. The first-order valence-electron chi connectivity index (χ1n) is 8.57. The van der Waals surface area contributed by atoms with Crippen molar-refractivity contribution in [2.75, 3.05) is 18.0 Å². The van der Waals surface area contributed by atoms with Crippen molar-refractivity contribution in [1.29, 1.82) is 0 Å². The van der Waals surface area contributed by atoms with Gasteiger partial charge in [0.1, 0.15) is 11.6 Å². The number of rotatable bonds is 4. The third-order valence-corrected chi connectivity index (χ3v) is 4.93. The Bertz CT molecular complexity index is 833. The van der Waals surface area contributed by atoms with Gasteiger partial charge in [-0.05, 0) is 37.1 Å². The van der Waals surface area contributed by atoms with Crippen molar-refractivity contribution >= 4 is 17.4 Å². The Hall–Kier alpha value is -2.40. The van der Waals surface area contributed by atoms with Gasteiger partial charge in [0.25, 0.3) is 0 Å². The minimum absolute atomic E-state index is 0.366. The standard InChI is InChI=1S/C19H20ClN5/c20-17-7-3-9-22-19(17)24-11-4-5-15(13-24)18-23-10-12-25(18)14-16-6-1-2-8-21-16/h1-3,6-10,12,15H,4-5,11,13-14H2. The molecule has 3 aromatic rings. The van der Waals surface area contributed by atoms with E-state index in [2.05, 4.69) is 24.4 Å². The van der Waals surface area contributed by atoms with Crippen molar-refractivity contribution in [1.82, 2.24) is 19.5 Å². The van der Waals surface area contributed by atoms with Gasteiger partial charge in [0.15, 0.2) is 0 Å². The molecule has 128 valence electrons. The molecule has 1 fully saturated rings. The first kappa shape index (κ1) is 16.1.